The van der Waals surface area contributed by atoms with Gasteiger partial charge in [-0.3, -0.25) is 9.59 Å². The van der Waals surface area contributed by atoms with E-state index in [-0.39, 0.29) is 41.9 Å². The number of carbonyl (C=O) groups is 2. The summed E-state index contributed by atoms with van der Waals surface area (Å²) in [7, 11) is 0. The Balaban J connectivity index is 1.28. The molecule has 2 aromatic carbocycles. The average Bonchev–Trinajstić information content (AvgIpc) is 2.81. The standard InChI is InChI=1S/C25H25ClF4N2O5/c26-18-6-5-17(12-19(18)27)36-14-22(35)31-23-7-9-24(10-8-23,20(33)13-23)32-21(34)11-15-1-3-16(4-2-15)37-25(28,29)30/h1-6,12,20,33H,7-11,13-14H2,(H,31,35)(H,32,34). The lowest BCUT2D eigenvalue weighted by Gasteiger charge is -2.56. The van der Waals surface area contributed by atoms with Crippen molar-refractivity contribution in [3.63, 3.8) is 0 Å². The second-order valence-electron chi connectivity index (χ2n) is 9.49. The van der Waals surface area contributed by atoms with Gasteiger partial charge in [-0.1, -0.05) is 23.7 Å². The topological polar surface area (TPSA) is 96.9 Å². The predicted octanol–water partition coefficient (Wildman–Crippen LogP) is 4.05. The van der Waals surface area contributed by atoms with Crippen LogP contribution in [0.2, 0.25) is 5.02 Å². The van der Waals surface area contributed by atoms with Gasteiger partial charge in [0.05, 0.1) is 23.1 Å². The van der Waals surface area contributed by atoms with Crippen molar-refractivity contribution in [2.45, 2.75) is 62.1 Å². The van der Waals surface area contributed by atoms with Crippen LogP contribution in [-0.4, -0.2) is 47.1 Å². The number of hydrogen-bond acceptors (Lipinski definition) is 5. The summed E-state index contributed by atoms with van der Waals surface area (Å²) < 4.78 is 59.6. The van der Waals surface area contributed by atoms with Gasteiger partial charge in [0, 0.05) is 11.6 Å². The van der Waals surface area contributed by atoms with E-state index in [9.17, 15) is 32.3 Å². The highest BCUT2D eigenvalue weighted by Crippen LogP contribution is 2.47. The zero-order valence-corrected chi connectivity index (χ0v) is 20.3. The average molecular weight is 545 g/mol. The summed E-state index contributed by atoms with van der Waals surface area (Å²) in [6.45, 7) is -0.340. The van der Waals surface area contributed by atoms with Gasteiger partial charge in [-0.05, 0) is 61.9 Å². The monoisotopic (exact) mass is 544 g/mol. The number of amides is 2. The van der Waals surface area contributed by atoms with E-state index in [2.05, 4.69) is 15.4 Å². The summed E-state index contributed by atoms with van der Waals surface area (Å²) >= 11 is 5.64. The third-order valence-electron chi connectivity index (χ3n) is 6.90. The summed E-state index contributed by atoms with van der Waals surface area (Å²) in [5.74, 6) is -1.67. The first-order chi connectivity index (χ1) is 17.4. The van der Waals surface area contributed by atoms with Crippen LogP contribution < -0.4 is 20.1 Å². The summed E-state index contributed by atoms with van der Waals surface area (Å²) in [5.41, 5.74) is -1.00. The number of aliphatic hydroxyl groups is 1. The molecule has 1 atom stereocenters. The molecule has 2 aromatic rings. The van der Waals surface area contributed by atoms with Crippen LogP contribution in [-0.2, 0) is 16.0 Å². The molecule has 0 radical (unpaired) electrons. The van der Waals surface area contributed by atoms with Gasteiger partial charge >= 0.3 is 6.36 Å². The fourth-order valence-corrected chi connectivity index (χ4v) is 5.14. The number of alkyl halides is 3. The lowest BCUT2D eigenvalue weighted by Crippen LogP contribution is -2.70. The van der Waals surface area contributed by atoms with Crippen LogP contribution in [0, 0.1) is 5.82 Å². The van der Waals surface area contributed by atoms with Crippen LogP contribution in [0.3, 0.4) is 0 Å². The van der Waals surface area contributed by atoms with Crippen LogP contribution in [0.1, 0.15) is 37.7 Å². The minimum Gasteiger partial charge on any atom is -0.484 e. The molecule has 3 saturated carbocycles. The second kappa shape index (κ2) is 10.4. The van der Waals surface area contributed by atoms with Crippen molar-refractivity contribution in [1.29, 1.82) is 0 Å². The van der Waals surface area contributed by atoms with Crippen molar-refractivity contribution in [3.05, 3.63) is 58.9 Å². The Morgan fingerprint density at radius 2 is 1.65 bits per heavy atom. The predicted molar refractivity (Wildman–Crippen MR) is 125 cm³/mol. The van der Waals surface area contributed by atoms with E-state index in [1.807, 2.05) is 0 Å². The first kappa shape index (κ1) is 27.0. The molecule has 7 nitrogen and oxygen atoms in total. The highest BCUT2D eigenvalue weighted by atomic mass is 35.5. The largest absolute Gasteiger partial charge is 0.573 e. The molecule has 5 rings (SSSR count). The summed E-state index contributed by atoms with van der Waals surface area (Å²) in [4.78, 5) is 25.2. The van der Waals surface area contributed by atoms with E-state index in [1.165, 1.54) is 24.3 Å². The zero-order chi connectivity index (χ0) is 26.8. The molecule has 200 valence electrons. The molecule has 2 amide bonds. The molecule has 3 aliphatic carbocycles. The number of nitrogens with one attached hydrogen (secondary N) is 2. The van der Waals surface area contributed by atoms with E-state index >= 15 is 0 Å². The van der Waals surface area contributed by atoms with Gasteiger partial charge in [0.1, 0.15) is 17.3 Å². The Hall–Kier alpha value is -3.05. The molecule has 3 N–H and O–H groups in total. The quantitative estimate of drug-likeness (QED) is 0.436. The van der Waals surface area contributed by atoms with Crippen molar-refractivity contribution in [1.82, 2.24) is 10.6 Å². The van der Waals surface area contributed by atoms with Crippen LogP contribution in [0.4, 0.5) is 17.6 Å². The van der Waals surface area contributed by atoms with Crippen LogP contribution in [0.25, 0.3) is 0 Å². The van der Waals surface area contributed by atoms with Crippen molar-refractivity contribution >= 4 is 23.4 Å². The van der Waals surface area contributed by atoms with E-state index in [4.69, 9.17) is 16.3 Å². The van der Waals surface area contributed by atoms with Gasteiger partial charge in [-0.15, -0.1) is 13.2 Å². The zero-order valence-electron chi connectivity index (χ0n) is 19.5. The smallest absolute Gasteiger partial charge is 0.484 e. The Bertz CT molecular complexity index is 1150. The van der Waals surface area contributed by atoms with Gasteiger partial charge < -0.3 is 25.2 Å². The molecule has 12 heteroatoms. The Morgan fingerprint density at radius 1 is 1.00 bits per heavy atom. The first-order valence-electron chi connectivity index (χ1n) is 11.6. The van der Waals surface area contributed by atoms with Gasteiger partial charge in [0.15, 0.2) is 6.61 Å². The molecule has 3 aliphatic rings. The van der Waals surface area contributed by atoms with Crippen molar-refractivity contribution < 1.29 is 41.7 Å². The number of benzene rings is 2. The second-order valence-corrected chi connectivity index (χ2v) is 9.89. The van der Waals surface area contributed by atoms with E-state index in [1.54, 1.807) is 0 Å². The maximum absolute atomic E-state index is 13.5. The van der Waals surface area contributed by atoms with Crippen molar-refractivity contribution in [2.75, 3.05) is 6.61 Å². The normalized spacial score (nSPS) is 24.9. The maximum Gasteiger partial charge on any atom is 0.573 e. The molecule has 0 saturated heterocycles. The minimum atomic E-state index is -4.80. The van der Waals surface area contributed by atoms with Crippen molar-refractivity contribution in [2.24, 2.45) is 0 Å². The molecule has 3 fully saturated rings. The number of halogens is 5. The third kappa shape index (κ3) is 6.64. The number of aliphatic hydroxyl groups excluding tert-OH is 1. The maximum atomic E-state index is 13.5. The SMILES string of the molecule is O=C(COc1ccc(Cl)c(F)c1)NC12CCC(NC(=O)Cc3ccc(OC(F)(F)F)cc3)(CC1)C(O)C2. The lowest BCUT2D eigenvalue weighted by atomic mass is 9.60. The molecule has 2 bridgehead atoms. The summed E-state index contributed by atoms with van der Waals surface area (Å²) in [6.07, 6.45) is -3.64. The third-order valence-corrected chi connectivity index (χ3v) is 7.20. The van der Waals surface area contributed by atoms with Gasteiger partial charge in [0.2, 0.25) is 5.91 Å². The molecule has 0 spiro atoms. The van der Waals surface area contributed by atoms with Crippen LogP contribution >= 0.6 is 11.6 Å². The van der Waals surface area contributed by atoms with E-state index in [0.29, 0.717) is 31.2 Å². The molecule has 0 heterocycles. The Morgan fingerprint density at radius 3 is 2.24 bits per heavy atom. The molecule has 1 unspecified atom stereocenters. The summed E-state index contributed by atoms with van der Waals surface area (Å²) in [6, 6.07) is 8.87. The van der Waals surface area contributed by atoms with Crippen LogP contribution in [0.15, 0.2) is 42.5 Å². The fourth-order valence-electron chi connectivity index (χ4n) is 5.03. The number of ether oxygens (including phenoxy) is 2. The number of carbonyl (C=O) groups excluding carboxylic acids is 2. The Kier molecular flexibility index (Phi) is 7.57. The van der Waals surface area contributed by atoms with E-state index in [0.717, 1.165) is 18.2 Å². The molecule has 0 aliphatic heterocycles. The fraction of sp³-hybridized carbons (Fsp3) is 0.440. The highest BCUT2D eigenvalue weighted by molar-refractivity contribution is 6.30. The van der Waals surface area contributed by atoms with Crippen molar-refractivity contribution in [3.8, 4) is 11.5 Å². The lowest BCUT2D eigenvalue weighted by molar-refractivity contribution is -0.274. The van der Waals surface area contributed by atoms with E-state index < -0.39 is 35.3 Å². The van der Waals surface area contributed by atoms with Crippen LogP contribution in [0.5, 0.6) is 11.5 Å². The van der Waals surface area contributed by atoms with Gasteiger partial charge in [0.25, 0.3) is 5.91 Å². The Labute approximate surface area is 215 Å². The molecule has 37 heavy (non-hydrogen) atoms. The number of fused-ring (bicyclic) bond motifs is 3. The number of rotatable bonds is 8. The molecular weight excluding hydrogens is 520 g/mol. The van der Waals surface area contributed by atoms with Gasteiger partial charge in [-0.2, -0.15) is 0 Å². The first-order valence-corrected chi connectivity index (χ1v) is 12.0. The van der Waals surface area contributed by atoms with Gasteiger partial charge in [-0.25, -0.2) is 4.39 Å². The number of hydrogen-bond donors (Lipinski definition) is 3. The molecule has 0 aromatic heterocycles. The molecular formula is C25H25ClF4N2O5. The summed E-state index contributed by atoms with van der Waals surface area (Å²) in [5, 5.41) is 16.7. The highest BCUT2D eigenvalue weighted by Gasteiger charge is 2.55. The minimum absolute atomic E-state index is 0.0573.